The van der Waals surface area contributed by atoms with Crippen LogP contribution in [-0.2, 0) is 4.79 Å². The van der Waals surface area contributed by atoms with E-state index >= 15 is 0 Å². The van der Waals surface area contributed by atoms with Gasteiger partial charge in [0.2, 0.25) is 5.78 Å². The normalized spacial score (nSPS) is 18.8. The largest absolute Gasteiger partial charge is 0.308 e. The van der Waals surface area contributed by atoms with Crippen molar-refractivity contribution >= 4 is 5.78 Å². The molecule has 0 aromatic carbocycles. The molecule has 0 saturated carbocycles. The van der Waals surface area contributed by atoms with Crippen molar-refractivity contribution in [2.24, 2.45) is 0 Å². The fourth-order valence-electron chi connectivity index (χ4n) is 0.558. The minimum Gasteiger partial charge on any atom is -0.308 e. The van der Waals surface area contributed by atoms with Crippen LogP contribution in [0.2, 0.25) is 0 Å². The summed E-state index contributed by atoms with van der Waals surface area (Å²) in [5.74, 6) is 5.23. The number of Topliss-reactive ketones (excluding diaryl/α,β-unsaturated/α-hetero) is 1. The van der Waals surface area contributed by atoms with Crippen molar-refractivity contribution in [3.8, 4) is 11.8 Å². The monoisotopic (exact) mass is 109 g/mol. The van der Waals surface area contributed by atoms with E-state index in [0.717, 1.165) is 13.0 Å². The molecule has 1 aliphatic heterocycles. The van der Waals surface area contributed by atoms with E-state index in [1.165, 1.54) is 0 Å². The fraction of sp³-hybridized carbons (Fsp3) is 0.500. The first-order chi connectivity index (χ1) is 3.89. The van der Waals surface area contributed by atoms with Gasteiger partial charge in [0.05, 0.1) is 6.54 Å². The van der Waals surface area contributed by atoms with E-state index in [1.807, 2.05) is 0 Å². The molecule has 0 atom stereocenters. The molecule has 1 aliphatic rings. The molecular weight excluding hydrogens is 102 g/mol. The van der Waals surface area contributed by atoms with E-state index in [0.29, 0.717) is 6.54 Å². The summed E-state index contributed by atoms with van der Waals surface area (Å²) in [4.78, 5) is 10.4. The third-order valence-corrected chi connectivity index (χ3v) is 0.940. The van der Waals surface area contributed by atoms with Gasteiger partial charge in [-0.1, -0.05) is 5.92 Å². The Morgan fingerprint density at radius 3 is 3.38 bits per heavy atom. The van der Waals surface area contributed by atoms with Crippen LogP contribution in [0.3, 0.4) is 0 Å². The van der Waals surface area contributed by atoms with Gasteiger partial charge in [-0.2, -0.15) is 0 Å². The Hall–Kier alpha value is -0.810. The average Bonchev–Trinajstić information content (AvgIpc) is 1.94. The standard InChI is InChI=1S/C6H7NO/c8-6-3-1-2-4-7-5-6/h7H,2,4-5H2. The van der Waals surface area contributed by atoms with Gasteiger partial charge in [-0.15, -0.1) is 0 Å². The van der Waals surface area contributed by atoms with Crippen LogP contribution >= 0.6 is 0 Å². The molecule has 42 valence electrons. The first-order valence-electron chi connectivity index (χ1n) is 2.62. The maximum Gasteiger partial charge on any atom is 0.219 e. The van der Waals surface area contributed by atoms with E-state index in [2.05, 4.69) is 17.2 Å². The minimum absolute atomic E-state index is 0.00231. The quantitative estimate of drug-likeness (QED) is 0.337. The molecule has 0 aromatic heterocycles. The van der Waals surface area contributed by atoms with Gasteiger partial charge in [0, 0.05) is 13.0 Å². The lowest BCUT2D eigenvalue weighted by Gasteiger charge is -1.90. The molecule has 8 heavy (non-hydrogen) atoms. The smallest absolute Gasteiger partial charge is 0.219 e. The van der Waals surface area contributed by atoms with Crippen molar-refractivity contribution in [2.45, 2.75) is 6.42 Å². The molecule has 0 aromatic rings. The molecule has 0 saturated heterocycles. The summed E-state index contributed by atoms with van der Waals surface area (Å²) in [5, 5.41) is 2.92. The number of carbonyl (C=O) groups is 1. The van der Waals surface area contributed by atoms with Crippen molar-refractivity contribution in [1.29, 1.82) is 0 Å². The Morgan fingerprint density at radius 1 is 1.62 bits per heavy atom. The highest BCUT2D eigenvalue weighted by atomic mass is 16.1. The second-order valence-electron chi connectivity index (χ2n) is 1.65. The number of carbonyl (C=O) groups excluding carboxylic acids is 1. The van der Waals surface area contributed by atoms with Crippen LogP contribution in [0.1, 0.15) is 6.42 Å². The van der Waals surface area contributed by atoms with Crippen molar-refractivity contribution in [3.63, 3.8) is 0 Å². The van der Waals surface area contributed by atoms with Crippen LogP contribution in [0.5, 0.6) is 0 Å². The van der Waals surface area contributed by atoms with Gasteiger partial charge in [0.15, 0.2) is 0 Å². The summed E-state index contributed by atoms with van der Waals surface area (Å²) < 4.78 is 0. The maximum atomic E-state index is 10.4. The summed E-state index contributed by atoms with van der Waals surface area (Å²) >= 11 is 0. The molecule has 0 unspecified atom stereocenters. The second kappa shape index (κ2) is 2.49. The third kappa shape index (κ3) is 1.36. The average molecular weight is 109 g/mol. The SMILES string of the molecule is O=C1C#CCCNC1. The maximum absolute atomic E-state index is 10.4. The van der Waals surface area contributed by atoms with Crippen molar-refractivity contribution < 1.29 is 4.79 Å². The van der Waals surface area contributed by atoms with Crippen molar-refractivity contribution in [2.75, 3.05) is 13.1 Å². The van der Waals surface area contributed by atoms with Gasteiger partial charge in [-0.3, -0.25) is 4.79 Å². The van der Waals surface area contributed by atoms with Crippen LogP contribution < -0.4 is 5.32 Å². The summed E-state index contributed by atoms with van der Waals surface area (Å²) in [7, 11) is 0. The number of hydrogen-bond acceptors (Lipinski definition) is 2. The van der Waals surface area contributed by atoms with E-state index in [9.17, 15) is 4.79 Å². The zero-order valence-electron chi connectivity index (χ0n) is 4.53. The number of nitrogens with one attached hydrogen (secondary N) is 1. The molecular formula is C6H7NO. The Bertz CT molecular complexity index is 152. The van der Waals surface area contributed by atoms with E-state index in [1.54, 1.807) is 0 Å². The molecule has 0 bridgehead atoms. The first-order valence-corrected chi connectivity index (χ1v) is 2.62. The number of hydrogen-bond donors (Lipinski definition) is 1. The summed E-state index contributed by atoms with van der Waals surface area (Å²) in [6.45, 7) is 1.27. The highest BCUT2D eigenvalue weighted by Gasteiger charge is 1.96. The van der Waals surface area contributed by atoms with Gasteiger partial charge >= 0.3 is 0 Å². The van der Waals surface area contributed by atoms with Crippen molar-refractivity contribution in [1.82, 2.24) is 5.32 Å². The summed E-state index contributed by atoms with van der Waals surface area (Å²) in [6.07, 6.45) is 0.797. The molecule has 2 heteroatoms. The Morgan fingerprint density at radius 2 is 2.50 bits per heavy atom. The van der Waals surface area contributed by atoms with Gasteiger partial charge in [-0.25, -0.2) is 0 Å². The zero-order valence-corrected chi connectivity index (χ0v) is 4.53. The molecule has 1 rings (SSSR count). The highest BCUT2D eigenvalue weighted by molar-refractivity contribution is 5.97. The van der Waals surface area contributed by atoms with Gasteiger partial charge in [-0.05, 0) is 5.92 Å². The minimum atomic E-state index is 0.00231. The molecule has 0 spiro atoms. The first kappa shape index (κ1) is 5.33. The van der Waals surface area contributed by atoms with Crippen LogP contribution in [0.4, 0.5) is 0 Å². The van der Waals surface area contributed by atoms with Crippen LogP contribution in [0.25, 0.3) is 0 Å². The van der Waals surface area contributed by atoms with Gasteiger partial charge in [0.25, 0.3) is 0 Å². The summed E-state index contributed by atoms with van der Waals surface area (Å²) in [6, 6.07) is 0. The van der Waals surface area contributed by atoms with Gasteiger partial charge < -0.3 is 5.32 Å². The molecule has 0 aliphatic carbocycles. The van der Waals surface area contributed by atoms with Crippen LogP contribution in [-0.4, -0.2) is 18.9 Å². The molecule has 0 fully saturated rings. The molecule has 2 nitrogen and oxygen atoms in total. The molecule has 1 N–H and O–H groups in total. The Kier molecular flexibility index (Phi) is 1.66. The third-order valence-electron chi connectivity index (χ3n) is 0.940. The second-order valence-corrected chi connectivity index (χ2v) is 1.65. The Balaban J connectivity index is 2.51. The van der Waals surface area contributed by atoms with Crippen LogP contribution in [0.15, 0.2) is 0 Å². The lowest BCUT2D eigenvalue weighted by Crippen LogP contribution is -2.20. The fourth-order valence-corrected chi connectivity index (χ4v) is 0.558. The van der Waals surface area contributed by atoms with E-state index in [-0.39, 0.29) is 5.78 Å². The number of ketones is 1. The highest BCUT2D eigenvalue weighted by Crippen LogP contribution is 1.77. The lowest BCUT2D eigenvalue weighted by atomic mass is 10.4. The van der Waals surface area contributed by atoms with E-state index in [4.69, 9.17) is 0 Å². The Labute approximate surface area is 48.3 Å². The van der Waals surface area contributed by atoms with E-state index < -0.39 is 0 Å². The molecule has 0 amide bonds. The van der Waals surface area contributed by atoms with Gasteiger partial charge in [0.1, 0.15) is 0 Å². The molecule has 1 heterocycles. The summed E-state index contributed by atoms with van der Waals surface area (Å²) in [5.41, 5.74) is 0. The van der Waals surface area contributed by atoms with Crippen LogP contribution in [0, 0.1) is 11.8 Å². The molecule has 0 radical (unpaired) electrons. The topological polar surface area (TPSA) is 29.1 Å². The number of rotatable bonds is 0. The zero-order chi connectivity index (χ0) is 5.82. The lowest BCUT2D eigenvalue weighted by molar-refractivity contribution is -0.113. The predicted molar refractivity (Wildman–Crippen MR) is 30.3 cm³/mol. The predicted octanol–water partition coefficient (Wildman–Crippen LogP) is -0.448. The van der Waals surface area contributed by atoms with Crippen molar-refractivity contribution in [3.05, 3.63) is 0 Å².